The molecule has 3 rings (SSSR count). The lowest BCUT2D eigenvalue weighted by Crippen LogP contribution is -2.52. The van der Waals surface area contributed by atoms with E-state index in [0.29, 0.717) is 39.3 Å². The van der Waals surface area contributed by atoms with Gasteiger partial charge in [0.25, 0.3) is 0 Å². The number of benzene rings is 1. The molecule has 26 heavy (non-hydrogen) atoms. The van der Waals surface area contributed by atoms with E-state index < -0.39 is 10.0 Å². The Morgan fingerprint density at radius 3 is 2.50 bits per heavy atom. The van der Waals surface area contributed by atoms with Crippen LogP contribution in [-0.4, -0.2) is 80.7 Å². The number of hydrogen-bond donors (Lipinski definition) is 0. The smallest absolute Gasteiger partial charge is 0.236 e. The van der Waals surface area contributed by atoms with Gasteiger partial charge in [0.1, 0.15) is 0 Å². The molecule has 9 heteroatoms. The van der Waals surface area contributed by atoms with E-state index in [0.717, 1.165) is 23.6 Å². The zero-order chi connectivity index (χ0) is 18.7. The summed E-state index contributed by atoms with van der Waals surface area (Å²) in [6.07, 6.45) is 1.20. The summed E-state index contributed by atoms with van der Waals surface area (Å²) in [6.45, 7) is 5.55. The molecule has 0 aliphatic carbocycles. The average molecular weight is 383 g/mol. The predicted octanol–water partition coefficient (Wildman–Crippen LogP) is 0.341. The molecular formula is C17H25N3O5S. The summed E-state index contributed by atoms with van der Waals surface area (Å²) < 4.78 is 35.3. The topological polar surface area (TPSA) is 79.4 Å². The monoisotopic (exact) mass is 383 g/mol. The van der Waals surface area contributed by atoms with Gasteiger partial charge >= 0.3 is 0 Å². The first-order chi connectivity index (χ1) is 12.4. The number of amides is 1. The Morgan fingerprint density at radius 2 is 1.85 bits per heavy atom. The second-order valence-electron chi connectivity index (χ2n) is 6.53. The number of carbonyl (C=O) groups is 1. The van der Waals surface area contributed by atoms with E-state index in [2.05, 4.69) is 4.90 Å². The van der Waals surface area contributed by atoms with E-state index in [1.807, 2.05) is 25.1 Å². The number of rotatable bonds is 6. The van der Waals surface area contributed by atoms with E-state index in [1.165, 1.54) is 10.6 Å². The molecule has 1 amide bonds. The zero-order valence-electron chi connectivity index (χ0n) is 15.2. The van der Waals surface area contributed by atoms with Crippen LogP contribution >= 0.6 is 0 Å². The van der Waals surface area contributed by atoms with Gasteiger partial charge in [-0.1, -0.05) is 13.0 Å². The molecular weight excluding hydrogens is 358 g/mol. The van der Waals surface area contributed by atoms with Crippen molar-refractivity contribution in [2.24, 2.45) is 0 Å². The predicted molar refractivity (Wildman–Crippen MR) is 96.5 cm³/mol. The van der Waals surface area contributed by atoms with Gasteiger partial charge in [-0.05, 0) is 24.2 Å². The van der Waals surface area contributed by atoms with Crippen molar-refractivity contribution >= 4 is 15.9 Å². The molecule has 144 valence electrons. The minimum atomic E-state index is -3.19. The highest BCUT2D eigenvalue weighted by molar-refractivity contribution is 7.88. The van der Waals surface area contributed by atoms with Crippen LogP contribution < -0.4 is 9.47 Å². The molecule has 2 aliphatic heterocycles. The first-order valence-electron chi connectivity index (χ1n) is 8.70. The Bertz CT molecular complexity index is 760. The van der Waals surface area contributed by atoms with Gasteiger partial charge in [-0.2, -0.15) is 4.31 Å². The molecule has 1 saturated heterocycles. The quantitative estimate of drug-likeness (QED) is 0.705. The standard InChI is InChI=1S/C17H25N3O5S/c1-3-18(11-14-4-5-15-16(10-14)25-13-24-15)12-17(21)19-6-8-20(9-7-19)26(2,22)23/h4-5,10H,3,6-9,11-13H2,1-2H3. The number of sulfonamides is 1. The van der Waals surface area contributed by atoms with Crippen LogP contribution in [0, 0.1) is 0 Å². The van der Waals surface area contributed by atoms with Crippen molar-refractivity contribution in [3.8, 4) is 11.5 Å². The molecule has 0 atom stereocenters. The van der Waals surface area contributed by atoms with Gasteiger partial charge in [0, 0.05) is 32.7 Å². The Balaban J connectivity index is 1.54. The summed E-state index contributed by atoms with van der Waals surface area (Å²) in [4.78, 5) is 16.4. The molecule has 1 fully saturated rings. The SMILES string of the molecule is CCN(CC(=O)N1CCN(S(C)(=O)=O)CC1)Cc1ccc2c(c1)OCO2. The van der Waals surface area contributed by atoms with Gasteiger partial charge in [-0.25, -0.2) is 8.42 Å². The van der Waals surface area contributed by atoms with Crippen molar-refractivity contribution in [3.63, 3.8) is 0 Å². The molecule has 1 aromatic rings. The third-order valence-corrected chi connectivity index (χ3v) is 6.01. The molecule has 0 N–H and O–H groups in total. The number of fused-ring (bicyclic) bond motifs is 1. The van der Waals surface area contributed by atoms with Crippen LogP contribution in [0.15, 0.2) is 18.2 Å². The maximum Gasteiger partial charge on any atom is 0.236 e. The fourth-order valence-corrected chi connectivity index (χ4v) is 3.96. The van der Waals surface area contributed by atoms with Crippen LogP contribution in [0.2, 0.25) is 0 Å². The molecule has 0 saturated carbocycles. The molecule has 2 heterocycles. The van der Waals surface area contributed by atoms with E-state index in [-0.39, 0.29) is 12.7 Å². The second kappa shape index (κ2) is 7.81. The molecule has 0 radical (unpaired) electrons. The van der Waals surface area contributed by atoms with Crippen molar-refractivity contribution in [1.82, 2.24) is 14.1 Å². The number of likely N-dealkylation sites (N-methyl/N-ethyl adjacent to an activating group) is 1. The van der Waals surface area contributed by atoms with Crippen molar-refractivity contribution in [2.75, 3.05) is 52.3 Å². The number of nitrogens with zero attached hydrogens (tertiary/aromatic N) is 3. The summed E-state index contributed by atoms with van der Waals surface area (Å²) in [7, 11) is -3.19. The van der Waals surface area contributed by atoms with Crippen LogP contribution in [0.4, 0.5) is 0 Å². The lowest BCUT2D eigenvalue weighted by molar-refractivity contribution is -0.133. The van der Waals surface area contributed by atoms with E-state index >= 15 is 0 Å². The fourth-order valence-electron chi connectivity index (χ4n) is 3.14. The first kappa shape index (κ1) is 18.9. The highest BCUT2D eigenvalue weighted by Gasteiger charge is 2.26. The summed E-state index contributed by atoms with van der Waals surface area (Å²) in [6, 6.07) is 5.81. The minimum absolute atomic E-state index is 0.0285. The number of carbonyl (C=O) groups excluding carboxylic acids is 1. The van der Waals surface area contributed by atoms with Crippen molar-refractivity contribution < 1.29 is 22.7 Å². The van der Waals surface area contributed by atoms with Crippen molar-refractivity contribution in [3.05, 3.63) is 23.8 Å². The van der Waals surface area contributed by atoms with Gasteiger partial charge in [0.15, 0.2) is 11.5 Å². The minimum Gasteiger partial charge on any atom is -0.454 e. The molecule has 0 bridgehead atoms. The average Bonchev–Trinajstić information content (AvgIpc) is 3.08. The number of hydrogen-bond acceptors (Lipinski definition) is 6. The Morgan fingerprint density at radius 1 is 1.15 bits per heavy atom. The lowest BCUT2D eigenvalue weighted by Gasteiger charge is -2.34. The fraction of sp³-hybridized carbons (Fsp3) is 0.588. The maximum absolute atomic E-state index is 12.6. The zero-order valence-corrected chi connectivity index (χ0v) is 16.0. The van der Waals surface area contributed by atoms with Gasteiger partial charge in [-0.3, -0.25) is 9.69 Å². The highest BCUT2D eigenvalue weighted by atomic mass is 32.2. The maximum atomic E-state index is 12.6. The normalized spacial score (nSPS) is 17.7. The Labute approximate surface area is 154 Å². The largest absolute Gasteiger partial charge is 0.454 e. The van der Waals surface area contributed by atoms with Crippen LogP contribution in [0.25, 0.3) is 0 Å². The van der Waals surface area contributed by atoms with Gasteiger partial charge in [0.2, 0.25) is 22.7 Å². The third kappa shape index (κ3) is 4.46. The summed E-state index contributed by atoms with van der Waals surface area (Å²) >= 11 is 0. The molecule has 0 unspecified atom stereocenters. The Kier molecular flexibility index (Phi) is 5.69. The summed E-state index contributed by atoms with van der Waals surface area (Å²) in [5, 5.41) is 0. The van der Waals surface area contributed by atoms with Crippen molar-refractivity contribution in [2.45, 2.75) is 13.5 Å². The summed E-state index contributed by atoms with van der Waals surface area (Å²) in [5.74, 6) is 1.51. The Hall–Kier alpha value is -1.84. The van der Waals surface area contributed by atoms with E-state index in [4.69, 9.17) is 9.47 Å². The van der Waals surface area contributed by atoms with Gasteiger partial charge < -0.3 is 14.4 Å². The van der Waals surface area contributed by atoms with Crippen molar-refractivity contribution in [1.29, 1.82) is 0 Å². The first-order valence-corrected chi connectivity index (χ1v) is 10.6. The molecule has 2 aliphatic rings. The van der Waals surface area contributed by atoms with Crippen LogP contribution in [0.5, 0.6) is 11.5 Å². The second-order valence-corrected chi connectivity index (χ2v) is 8.52. The van der Waals surface area contributed by atoms with E-state index in [1.54, 1.807) is 4.90 Å². The third-order valence-electron chi connectivity index (χ3n) is 4.71. The molecule has 1 aromatic carbocycles. The van der Waals surface area contributed by atoms with E-state index in [9.17, 15) is 13.2 Å². The van der Waals surface area contributed by atoms with Crippen LogP contribution in [0.1, 0.15) is 12.5 Å². The summed E-state index contributed by atoms with van der Waals surface area (Å²) in [5.41, 5.74) is 1.06. The highest BCUT2D eigenvalue weighted by Crippen LogP contribution is 2.32. The number of ether oxygens (including phenoxy) is 2. The van der Waals surface area contributed by atoms with Crippen LogP contribution in [0.3, 0.4) is 0 Å². The molecule has 0 spiro atoms. The van der Waals surface area contributed by atoms with Gasteiger partial charge in [-0.15, -0.1) is 0 Å². The van der Waals surface area contributed by atoms with Gasteiger partial charge in [0.05, 0.1) is 12.8 Å². The molecule has 8 nitrogen and oxygen atoms in total. The van der Waals surface area contributed by atoms with Crippen LogP contribution in [-0.2, 0) is 21.4 Å². The lowest BCUT2D eigenvalue weighted by atomic mass is 10.2. The molecule has 0 aromatic heterocycles. The number of piperazine rings is 1.